The van der Waals surface area contributed by atoms with Crippen molar-refractivity contribution in [3.63, 3.8) is 0 Å². The number of aryl methyl sites for hydroxylation is 1. The highest BCUT2D eigenvalue weighted by Gasteiger charge is 2.23. The van der Waals surface area contributed by atoms with Gasteiger partial charge in [0.15, 0.2) is 5.69 Å². The molecule has 2 rings (SSSR count). The number of carbonyl (C=O) groups is 1. The minimum Gasteiger partial charge on any atom is -0.455 e. The lowest BCUT2D eigenvalue weighted by Gasteiger charge is -2.18. The molecular weight excluding hydrogens is 268 g/mol. The molecule has 0 aromatic carbocycles. The Morgan fingerprint density at radius 2 is 2.05 bits per heavy atom. The molecule has 0 N–H and O–H groups in total. The lowest BCUT2D eigenvalue weighted by atomic mass is 10.2. The molecule has 0 radical (unpaired) electrons. The molecule has 112 valence electrons. The molecule has 0 amide bonds. The van der Waals surface area contributed by atoms with Crippen LogP contribution >= 0.6 is 0 Å². The second kappa shape index (κ2) is 5.63. The summed E-state index contributed by atoms with van der Waals surface area (Å²) in [5.74, 6) is -0.455. The van der Waals surface area contributed by atoms with Crippen LogP contribution in [0.5, 0.6) is 0 Å². The van der Waals surface area contributed by atoms with Crippen LogP contribution in [0.25, 0.3) is 0 Å². The van der Waals surface area contributed by atoms with Crippen molar-refractivity contribution in [2.24, 2.45) is 0 Å². The van der Waals surface area contributed by atoms with Gasteiger partial charge in [0.05, 0.1) is 17.9 Å². The predicted octanol–water partition coefficient (Wildman–Crippen LogP) is 2.29. The van der Waals surface area contributed by atoms with E-state index in [9.17, 15) is 4.79 Å². The molecule has 0 saturated carbocycles. The van der Waals surface area contributed by atoms with Crippen LogP contribution in [0.2, 0.25) is 0 Å². The van der Waals surface area contributed by atoms with Crippen LogP contribution in [0.3, 0.4) is 0 Å². The van der Waals surface area contributed by atoms with Crippen molar-refractivity contribution in [2.45, 2.75) is 46.8 Å². The monoisotopic (exact) mass is 288 g/mol. The first-order valence-electron chi connectivity index (χ1n) is 6.82. The van der Waals surface area contributed by atoms with Crippen LogP contribution in [0.1, 0.15) is 48.2 Å². The smallest absolute Gasteiger partial charge is 0.361 e. The van der Waals surface area contributed by atoms with Gasteiger partial charge < -0.3 is 4.74 Å². The zero-order valence-corrected chi connectivity index (χ0v) is 13.0. The Morgan fingerprint density at radius 1 is 1.33 bits per heavy atom. The molecule has 6 heteroatoms. The van der Waals surface area contributed by atoms with E-state index in [2.05, 4.69) is 15.3 Å². The number of hydrogen-bond acceptors (Lipinski definition) is 5. The van der Waals surface area contributed by atoms with E-state index >= 15 is 0 Å². The molecule has 21 heavy (non-hydrogen) atoms. The maximum atomic E-state index is 12.1. The average Bonchev–Trinajstić information content (AvgIpc) is 2.72. The van der Waals surface area contributed by atoms with E-state index in [1.165, 1.54) is 0 Å². The van der Waals surface area contributed by atoms with Crippen LogP contribution in [0, 0.1) is 13.8 Å². The van der Waals surface area contributed by atoms with Gasteiger partial charge in [0.2, 0.25) is 0 Å². The van der Waals surface area contributed by atoms with Crippen molar-refractivity contribution >= 4 is 5.97 Å². The second-order valence-electron chi connectivity index (χ2n) is 5.95. The topological polar surface area (TPSA) is 69.9 Å². The maximum Gasteiger partial charge on any atom is 0.361 e. The quantitative estimate of drug-likeness (QED) is 0.810. The Bertz CT molecular complexity index is 656. The highest BCUT2D eigenvalue weighted by molar-refractivity contribution is 5.88. The lowest BCUT2D eigenvalue weighted by Crippen LogP contribution is -2.24. The van der Waals surface area contributed by atoms with E-state index in [0.29, 0.717) is 12.2 Å². The summed E-state index contributed by atoms with van der Waals surface area (Å²) in [6.45, 7) is 9.74. The summed E-state index contributed by atoms with van der Waals surface area (Å²) in [4.78, 5) is 16.4. The molecule has 0 atom stereocenters. The van der Waals surface area contributed by atoms with Gasteiger partial charge in [-0.1, -0.05) is 11.3 Å². The first kappa shape index (κ1) is 15.2. The number of hydrogen-bond donors (Lipinski definition) is 0. The number of aromatic nitrogens is 4. The van der Waals surface area contributed by atoms with Crippen molar-refractivity contribution < 1.29 is 9.53 Å². The number of pyridine rings is 1. The van der Waals surface area contributed by atoms with E-state index in [4.69, 9.17) is 4.74 Å². The Balaban J connectivity index is 2.21. The van der Waals surface area contributed by atoms with Crippen molar-refractivity contribution in [3.8, 4) is 0 Å². The Labute approximate surface area is 124 Å². The average molecular weight is 288 g/mol. The SMILES string of the molecule is Cc1cccnc1Cn1nnc(C(=O)OC(C)(C)C)c1C. The first-order chi connectivity index (χ1) is 9.78. The van der Waals surface area contributed by atoms with E-state index in [1.54, 1.807) is 17.8 Å². The van der Waals surface area contributed by atoms with Crippen molar-refractivity contribution in [2.75, 3.05) is 0 Å². The molecule has 0 aliphatic heterocycles. The van der Waals surface area contributed by atoms with Gasteiger partial charge in [-0.15, -0.1) is 5.10 Å². The molecule has 2 aromatic heterocycles. The highest BCUT2D eigenvalue weighted by atomic mass is 16.6. The minimum absolute atomic E-state index is 0.249. The predicted molar refractivity (Wildman–Crippen MR) is 78.0 cm³/mol. The minimum atomic E-state index is -0.551. The van der Waals surface area contributed by atoms with Gasteiger partial charge in [0.1, 0.15) is 5.60 Å². The van der Waals surface area contributed by atoms with Gasteiger partial charge in [0.25, 0.3) is 0 Å². The van der Waals surface area contributed by atoms with Crippen LogP contribution in [-0.2, 0) is 11.3 Å². The summed E-state index contributed by atoms with van der Waals surface area (Å²) < 4.78 is 6.98. The number of rotatable bonds is 3. The van der Waals surface area contributed by atoms with Gasteiger partial charge in [0, 0.05) is 6.20 Å². The summed E-state index contributed by atoms with van der Waals surface area (Å²) in [5.41, 5.74) is 2.35. The van der Waals surface area contributed by atoms with Gasteiger partial charge in [-0.3, -0.25) is 4.98 Å². The van der Waals surface area contributed by atoms with E-state index < -0.39 is 11.6 Å². The van der Waals surface area contributed by atoms with Crippen LogP contribution in [0.4, 0.5) is 0 Å². The van der Waals surface area contributed by atoms with E-state index in [-0.39, 0.29) is 5.69 Å². The van der Waals surface area contributed by atoms with Gasteiger partial charge in [-0.05, 0) is 46.2 Å². The Hall–Kier alpha value is -2.24. The molecule has 0 unspecified atom stereocenters. The molecule has 0 saturated heterocycles. The molecule has 2 aromatic rings. The zero-order chi connectivity index (χ0) is 15.6. The Morgan fingerprint density at radius 3 is 2.67 bits per heavy atom. The second-order valence-corrected chi connectivity index (χ2v) is 5.95. The first-order valence-corrected chi connectivity index (χ1v) is 6.82. The summed E-state index contributed by atoms with van der Waals surface area (Å²) >= 11 is 0. The van der Waals surface area contributed by atoms with Crippen LogP contribution in [0.15, 0.2) is 18.3 Å². The zero-order valence-electron chi connectivity index (χ0n) is 13.0. The number of carbonyl (C=O) groups excluding carboxylic acids is 1. The molecule has 0 bridgehead atoms. The maximum absolute atomic E-state index is 12.1. The fraction of sp³-hybridized carbons (Fsp3) is 0.467. The normalized spacial score (nSPS) is 11.5. The number of nitrogens with zero attached hydrogens (tertiary/aromatic N) is 4. The van der Waals surface area contributed by atoms with Gasteiger partial charge in [-0.25, -0.2) is 9.48 Å². The molecule has 0 spiro atoms. The van der Waals surface area contributed by atoms with Crippen LogP contribution < -0.4 is 0 Å². The molecule has 6 nitrogen and oxygen atoms in total. The standard InChI is InChI=1S/C15H20N4O2/c1-10-7-6-8-16-12(10)9-19-11(2)13(17-18-19)14(20)21-15(3,4)5/h6-8H,9H2,1-5H3. The third-order valence-electron chi connectivity index (χ3n) is 2.99. The highest BCUT2D eigenvalue weighted by Crippen LogP contribution is 2.14. The number of esters is 1. The fourth-order valence-corrected chi connectivity index (χ4v) is 1.85. The third kappa shape index (κ3) is 3.65. The third-order valence-corrected chi connectivity index (χ3v) is 2.99. The summed E-state index contributed by atoms with van der Waals surface area (Å²) in [6, 6.07) is 3.88. The Kier molecular flexibility index (Phi) is 4.06. The largest absolute Gasteiger partial charge is 0.455 e. The lowest BCUT2D eigenvalue weighted by molar-refractivity contribution is 0.00619. The van der Waals surface area contributed by atoms with Crippen LogP contribution in [-0.4, -0.2) is 31.5 Å². The van der Waals surface area contributed by atoms with Gasteiger partial charge in [-0.2, -0.15) is 0 Å². The number of ether oxygens (including phenoxy) is 1. The fourth-order valence-electron chi connectivity index (χ4n) is 1.85. The van der Waals surface area contributed by atoms with E-state index in [1.807, 2.05) is 39.8 Å². The van der Waals surface area contributed by atoms with Gasteiger partial charge >= 0.3 is 5.97 Å². The van der Waals surface area contributed by atoms with Crippen molar-refractivity contribution in [1.82, 2.24) is 20.0 Å². The molecule has 0 fully saturated rings. The summed E-state index contributed by atoms with van der Waals surface area (Å²) in [5, 5.41) is 7.97. The van der Waals surface area contributed by atoms with Crippen molar-refractivity contribution in [1.29, 1.82) is 0 Å². The summed E-state index contributed by atoms with van der Waals surface area (Å²) in [6.07, 6.45) is 1.74. The summed E-state index contributed by atoms with van der Waals surface area (Å²) in [7, 11) is 0. The molecular formula is C15H20N4O2. The van der Waals surface area contributed by atoms with Crippen molar-refractivity contribution in [3.05, 3.63) is 41.0 Å². The molecule has 0 aliphatic carbocycles. The van der Waals surface area contributed by atoms with E-state index in [0.717, 1.165) is 11.3 Å². The molecule has 2 heterocycles. The molecule has 0 aliphatic rings.